The van der Waals surface area contributed by atoms with Gasteiger partial charge >= 0.3 is 0 Å². The number of amidine groups is 1. The topological polar surface area (TPSA) is 102 Å². The van der Waals surface area contributed by atoms with E-state index in [9.17, 15) is 19.5 Å². The zero-order chi connectivity index (χ0) is 17.7. The predicted octanol–water partition coefficient (Wildman–Crippen LogP) is 0.718. The Morgan fingerprint density at radius 1 is 1.29 bits per heavy atom. The second kappa shape index (κ2) is 7.96. The molecule has 1 aromatic rings. The first-order valence-corrected chi connectivity index (χ1v) is 8.48. The van der Waals surface area contributed by atoms with Gasteiger partial charge < -0.3 is 15.2 Å². The van der Waals surface area contributed by atoms with E-state index < -0.39 is 11.2 Å². The lowest BCUT2D eigenvalue weighted by atomic mass is 10.2. The van der Waals surface area contributed by atoms with Crippen molar-refractivity contribution in [2.24, 2.45) is 4.99 Å². The third kappa shape index (κ3) is 4.14. The molecule has 1 saturated heterocycles. The van der Waals surface area contributed by atoms with Gasteiger partial charge in [-0.15, -0.1) is 0 Å². The number of rotatable bonds is 6. The average Bonchev–Trinajstić information content (AvgIpc) is 2.83. The Morgan fingerprint density at radius 3 is 2.50 bits per heavy atom. The number of aromatic carboxylic acids is 1. The van der Waals surface area contributed by atoms with Crippen LogP contribution in [0.2, 0.25) is 0 Å². The van der Waals surface area contributed by atoms with Crippen LogP contribution in [0, 0.1) is 0 Å². The number of carbonyl (C=O) groups excluding carboxylic acids is 3. The highest BCUT2D eigenvalue weighted by Gasteiger charge is 2.37. The highest BCUT2D eigenvalue weighted by molar-refractivity contribution is 8.15. The average molecular weight is 348 g/mol. The van der Waals surface area contributed by atoms with E-state index in [0.717, 1.165) is 0 Å². The normalized spacial score (nSPS) is 18.9. The van der Waals surface area contributed by atoms with E-state index >= 15 is 0 Å². The van der Waals surface area contributed by atoms with Crippen LogP contribution in [-0.4, -0.2) is 46.2 Å². The van der Waals surface area contributed by atoms with Gasteiger partial charge in [0.15, 0.2) is 5.17 Å². The quantitative estimate of drug-likeness (QED) is 0.816. The van der Waals surface area contributed by atoms with Crippen LogP contribution in [0.15, 0.2) is 29.3 Å². The number of aliphatic imine (C=N–C) groups is 1. The molecule has 0 spiro atoms. The summed E-state index contributed by atoms with van der Waals surface area (Å²) in [6.45, 7) is 4.86. The van der Waals surface area contributed by atoms with Crippen LogP contribution in [0.3, 0.4) is 0 Å². The molecule has 24 heavy (non-hydrogen) atoms. The van der Waals surface area contributed by atoms with E-state index in [-0.39, 0.29) is 23.8 Å². The van der Waals surface area contributed by atoms with Gasteiger partial charge in [0, 0.05) is 25.2 Å². The lowest BCUT2D eigenvalue weighted by Crippen LogP contribution is -2.33. The number of amides is 2. The Morgan fingerprint density at radius 2 is 1.96 bits per heavy atom. The molecule has 1 fully saturated rings. The van der Waals surface area contributed by atoms with Crippen molar-refractivity contribution < 1.29 is 19.5 Å². The largest absolute Gasteiger partial charge is 0.545 e. The Balaban J connectivity index is 1.98. The number of carbonyl (C=O) groups is 3. The maximum absolute atomic E-state index is 12.3. The van der Waals surface area contributed by atoms with Crippen molar-refractivity contribution in [2.75, 3.05) is 18.4 Å². The molecule has 0 bridgehead atoms. The van der Waals surface area contributed by atoms with Gasteiger partial charge in [0.25, 0.3) is 0 Å². The van der Waals surface area contributed by atoms with Crippen molar-refractivity contribution in [1.82, 2.24) is 4.90 Å². The second-order valence-electron chi connectivity index (χ2n) is 5.06. The number of carboxylic acids is 1. The molecule has 1 aliphatic heterocycles. The van der Waals surface area contributed by atoms with E-state index in [0.29, 0.717) is 23.9 Å². The van der Waals surface area contributed by atoms with Crippen LogP contribution in [0.25, 0.3) is 0 Å². The molecule has 8 heteroatoms. The number of thioether (sulfide) groups is 1. The molecule has 2 rings (SSSR count). The van der Waals surface area contributed by atoms with E-state index in [4.69, 9.17) is 0 Å². The minimum atomic E-state index is -1.27. The summed E-state index contributed by atoms with van der Waals surface area (Å²) in [5.41, 5.74) is 0.503. The number of hydrogen-bond acceptors (Lipinski definition) is 6. The highest BCUT2D eigenvalue weighted by atomic mass is 32.2. The van der Waals surface area contributed by atoms with Crippen molar-refractivity contribution in [1.29, 1.82) is 0 Å². The molecule has 1 N–H and O–H groups in total. The Hall–Kier alpha value is -2.35. The van der Waals surface area contributed by atoms with Crippen molar-refractivity contribution in [3.8, 4) is 0 Å². The molecule has 1 aromatic carbocycles. The summed E-state index contributed by atoms with van der Waals surface area (Å²) in [5.74, 6) is -1.70. The van der Waals surface area contributed by atoms with Gasteiger partial charge in [-0.05, 0) is 31.5 Å². The summed E-state index contributed by atoms with van der Waals surface area (Å²) in [4.78, 5) is 41.0. The highest BCUT2D eigenvalue weighted by Crippen LogP contribution is 2.29. The molecule has 0 saturated carbocycles. The molecule has 1 heterocycles. The zero-order valence-electron chi connectivity index (χ0n) is 13.4. The molecule has 7 nitrogen and oxygen atoms in total. The van der Waals surface area contributed by atoms with Crippen LogP contribution >= 0.6 is 11.8 Å². The van der Waals surface area contributed by atoms with E-state index in [1.54, 1.807) is 4.90 Å². The summed E-state index contributed by atoms with van der Waals surface area (Å²) in [5, 5.41) is 13.5. The van der Waals surface area contributed by atoms with Crippen LogP contribution in [0.4, 0.5) is 5.69 Å². The molecule has 0 aliphatic carbocycles. The molecular formula is C16H18N3O4S-. The fraction of sp³-hybridized carbons (Fsp3) is 0.375. The summed E-state index contributed by atoms with van der Waals surface area (Å²) in [7, 11) is 0. The minimum Gasteiger partial charge on any atom is -0.545 e. The SMILES string of the molecule is CCN=C1S[C@@H](CC(=O)Nc2ccc(C(=O)[O-])cc2)C(=O)N1CC. The van der Waals surface area contributed by atoms with Crippen LogP contribution < -0.4 is 10.4 Å². The first-order valence-electron chi connectivity index (χ1n) is 7.60. The first kappa shape index (κ1) is 18.0. The maximum Gasteiger partial charge on any atom is 0.242 e. The molecule has 2 amide bonds. The summed E-state index contributed by atoms with van der Waals surface area (Å²) < 4.78 is 0. The molecule has 128 valence electrons. The van der Waals surface area contributed by atoms with Crippen molar-refractivity contribution >= 4 is 40.4 Å². The summed E-state index contributed by atoms with van der Waals surface area (Å²) in [6.07, 6.45) is 0.0327. The Kier molecular flexibility index (Phi) is 5.97. The molecule has 0 radical (unpaired) electrons. The second-order valence-corrected chi connectivity index (χ2v) is 6.23. The molecule has 1 atom stereocenters. The summed E-state index contributed by atoms with van der Waals surface area (Å²) >= 11 is 1.30. The first-order chi connectivity index (χ1) is 11.5. The third-order valence-corrected chi connectivity index (χ3v) is 4.62. The van der Waals surface area contributed by atoms with Crippen LogP contribution in [0.1, 0.15) is 30.6 Å². The van der Waals surface area contributed by atoms with Gasteiger partial charge in [0.2, 0.25) is 11.8 Å². The van der Waals surface area contributed by atoms with Crippen LogP contribution in [0.5, 0.6) is 0 Å². The fourth-order valence-corrected chi connectivity index (χ4v) is 3.52. The number of benzene rings is 1. The smallest absolute Gasteiger partial charge is 0.242 e. The zero-order valence-corrected chi connectivity index (χ0v) is 14.3. The van der Waals surface area contributed by atoms with Gasteiger partial charge in [-0.1, -0.05) is 23.9 Å². The Bertz CT molecular complexity index is 672. The van der Waals surface area contributed by atoms with Crippen LogP contribution in [-0.2, 0) is 9.59 Å². The van der Waals surface area contributed by atoms with Gasteiger partial charge in [-0.2, -0.15) is 0 Å². The fourth-order valence-electron chi connectivity index (χ4n) is 2.26. The van der Waals surface area contributed by atoms with Gasteiger partial charge in [-0.25, -0.2) is 0 Å². The molecule has 1 aliphatic rings. The molecule has 0 aromatic heterocycles. The van der Waals surface area contributed by atoms with E-state index in [2.05, 4.69) is 10.3 Å². The lowest BCUT2D eigenvalue weighted by Gasteiger charge is -2.13. The van der Waals surface area contributed by atoms with E-state index in [1.807, 2.05) is 13.8 Å². The van der Waals surface area contributed by atoms with Crippen molar-refractivity contribution in [2.45, 2.75) is 25.5 Å². The standard InChI is InChI=1S/C16H19N3O4S/c1-3-17-16-19(4-2)14(21)12(24-16)9-13(20)18-11-7-5-10(6-8-11)15(22)23/h5-8,12H,3-4,9H2,1-2H3,(H,18,20)(H,22,23)/p-1/t12-/m0/s1. The number of hydrogen-bond donors (Lipinski definition) is 1. The third-order valence-electron chi connectivity index (χ3n) is 3.40. The van der Waals surface area contributed by atoms with Crippen molar-refractivity contribution in [3.63, 3.8) is 0 Å². The lowest BCUT2D eigenvalue weighted by molar-refractivity contribution is -0.255. The molecular weight excluding hydrogens is 330 g/mol. The number of anilines is 1. The number of nitrogens with zero attached hydrogens (tertiary/aromatic N) is 2. The maximum atomic E-state index is 12.3. The molecule has 0 unspecified atom stereocenters. The van der Waals surface area contributed by atoms with Gasteiger partial charge in [0.1, 0.15) is 5.25 Å². The Labute approximate surface area is 144 Å². The summed E-state index contributed by atoms with van der Waals surface area (Å²) in [6, 6.07) is 5.67. The number of carboxylic acid groups (broad SMARTS) is 1. The predicted molar refractivity (Wildman–Crippen MR) is 90.8 cm³/mol. The van der Waals surface area contributed by atoms with E-state index in [1.165, 1.54) is 36.0 Å². The van der Waals surface area contributed by atoms with Crippen molar-refractivity contribution in [3.05, 3.63) is 29.8 Å². The monoisotopic (exact) mass is 348 g/mol. The number of nitrogens with one attached hydrogen (secondary N) is 1. The van der Waals surface area contributed by atoms with Gasteiger partial charge in [0.05, 0.1) is 5.97 Å². The van der Waals surface area contributed by atoms with Gasteiger partial charge in [-0.3, -0.25) is 19.5 Å². The minimum absolute atomic E-state index is 0.0327.